The van der Waals surface area contributed by atoms with Gasteiger partial charge in [0.25, 0.3) is 10.0 Å². The average Bonchev–Trinajstić information content (AvgIpc) is 2.90. The lowest BCUT2D eigenvalue weighted by Crippen LogP contribution is -2.46. The summed E-state index contributed by atoms with van der Waals surface area (Å²) in [6.45, 7) is 4.13. The fourth-order valence-corrected chi connectivity index (χ4v) is 5.20. The molecule has 6 nitrogen and oxygen atoms in total. The van der Waals surface area contributed by atoms with E-state index < -0.39 is 16.0 Å². The molecule has 0 amide bonds. The van der Waals surface area contributed by atoms with Crippen molar-refractivity contribution >= 4 is 27.3 Å². The number of rotatable bonds is 4. The number of esters is 1. The number of sulfonamides is 1. The highest BCUT2D eigenvalue weighted by Gasteiger charge is 2.37. The zero-order valence-electron chi connectivity index (χ0n) is 12.4. The van der Waals surface area contributed by atoms with Crippen LogP contribution in [0.15, 0.2) is 9.72 Å². The number of thiazole rings is 1. The first-order chi connectivity index (χ1) is 9.78. The third-order valence-corrected chi connectivity index (χ3v) is 6.80. The van der Waals surface area contributed by atoms with Crippen molar-refractivity contribution in [3.8, 4) is 0 Å². The van der Waals surface area contributed by atoms with E-state index in [9.17, 15) is 13.2 Å². The van der Waals surface area contributed by atoms with E-state index in [2.05, 4.69) is 28.3 Å². The lowest BCUT2D eigenvalue weighted by Gasteiger charge is -2.38. The number of carbonyl (C=O) groups excluding carboxylic acids is 1. The van der Waals surface area contributed by atoms with Crippen molar-refractivity contribution in [2.45, 2.75) is 49.8 Å². The summed E-state index contributed by atoms with van der Waals surface area (Å²) in [5.41, 5.74) is 1.09. The minimum atomic E-state index is -3.77. The second kappa shape index (κ2) is 6.02. The zero-order valence-corrected chi connectivity index (χ0v) is 14.0. The van der Waals surface area contributed by atoms with E-state index >= 15 is 0 Å². The molecule has 0 aromatic carbocycles. The molecule has 1 heterocycles. The second-order valence-electron chi connectivity index (χ2n) is 5.89. The number of hydrogen-bond donors (Lipinski definition) is 1. The molecule has 8 heteroatoms. The smallest absolute Gasteiger partial charge is 0.358 e. The second-order valence-corrected chi connectivity index (χ2v) is 8.65. The van der Waals surface area contributed by atoms with E-state index in [1.54, 1.807) is 0 Å². The van der Waals surface area contributed by atoms with Crippen molar-refractivity contribution in [3.63, 3.8) is 0 Å². The minimum absolute atomic E-state index is 0.0734. The molecule has 21 heavy (non-hydrogen) atoms. The van der Waals surface area contributed by atoms with Crippen LogP contribution in [-0.2, 0) is 14.8 Å². The van der Waals surface area contributed by atoms with Crippen LogP contribution in [0.5, 0.6) is 0 Å². The number of nitrogens with one attached hydrogen (secondary N) is 1. The van der Waals surface area contributed by atoms with Gasteiger partial charge in [-0.25, -0.2) is 22.9 Å². The molecule has 1 aromatic rings. The molecule has 0 bridgehead atoms. The fraction of sp³-hybridized carbons (Fsp3) is 0.692. The van der Waals surface area contributed by atoms with E-state index in [4.69, 9.17) is 0 Å². The Morgan fingerprint density at radius 1 is 1.48 bits per heavy atom. The number of hydrogen-bond acceptors (Lipinski definition) is 6. The Labute approximate surface area is 129 Å². The van der Waals surface area contributed by atoms with Crippen LogP contribution in [0.25, 0.3) is 0 Å². The van der Waals surface area contributed by atoms with Gasteiger partial charge in [-0.15, -0.1) is 11.3 Å². The van der Waals surface area contributed by atoms with Gasteiger partial charge in [0.2, 0.25) is 0 Å². The van der Waals surface area contributed by atoms with Crippen LogP contribution in [0, 0.1) is 5.41 Å². The molecule has 118 valence electrons. The van der Waals surface area contributed by atoms with Gasteiger partial charge in [-0.05, 0) is 18.3 Å². The molecule has 1 atom stereocenters. The van der Waals surface area contributed by atoms with Crippen molar-refractivity contribution in [1.29, 1.82) is 0 Å². The standard InChI is InChI=1S/C13H20N2O4S2/c1-13(2)7-5-4-6-9(13)15-21(17,18)12-10(11(16)19-3)14-8-20-12/h8-9,15H,4-7H2,1-3H3. The highest BCUT2D eigenvalue weighted by atomic mass is 32.2. The summed E-state index contributed by atoms with van der Waals surface area (Å²) in [6.07, 6.45) is 3.90. The Kier molecular flexibility index (Phi) is 4.69. The maximum Gasteiger partial charge on any atom is 0.358 e. The van der Waals surface area contributed by atoms with Crippen LogP contribution in [0.3, 0.4) is 0 Å². The van der Waals surface area contributed by atoms with Crippen molar-refractivity contribution in [2.75, 3.05) is 7.11 Å². The van der Waals surface area contributed by atoms with Gasteiger partial charge in [-0.2, -0.15) is 0 Å². The monoisotopic (exact) mass is 332 g/mol. The molecular weight excluding hydrogens is 312 g/mol. The predicted molar refractivity (Wildman–Crippen MR) is 79.8 cm³/mol. The molecule has 1 fully saturated rings. The minimum Gasteiger partial charge on any atom is -0.464 e. The van der Waals surface area contributed by atoms with Crippen molar-refractivity contribution in [1.82, 2.24) is 9.71 Å². The summed E-state index contributed by atoms with van der Waals surface area (Å²) in [5.74, 6) is -0.737. The first-order valence-corrected chi connectivity index (χ1v) is 9.18. The molecular formula is C13H20N2O4S2. The summed E-state index contributed by atoms with van der Waals surface area (Å²) in [7, 11) is -2.56. The molecule has 1 aromatic heterocycles. The Balaban J connectivity index is 2.27. The molecule has 0 saturated heterocycles. The highest BCUT2D eigenvalue weighted by Crippen LogP contribution is 2.36. The van der Waals surface area contributed by atoms with Crippen LogP contribution >= 0.6 is 11.3 Å². The number of methoxy groups -OCH3 is 1. The molecule has 1 saturated carbocycles. The van der Waals surface area contributed by atoms with Gasteiger partial charge in [0.15, 0.2) is 9.90 Å². The SMILES string of the molecule is COC(=O)c1ncsc1S(=O)(=O)NC1CCCCC1(C)C. The first kappa shape index (κ1) is 16.4. The van der Waals surface area contributed by atoms with Crippen LogP contribution in [-0.4, -0.2) is 32.5 Å². The molecule has 0 spiro atoms. The maximum absolute atomic E-state index is 12.5. The number of aromatic nitrogens is 1. The van der Waals surface area contributed by atoms with Gasteiger partial charge < -0.3 is 4.74 Å². The summed E-state index contributed by atoms with van der Waals surface area (Å²) >= 11 is 0.927. The zero-order chi connectivity index (χ0) is 15.7. The molecule has 1 aliphatic carbocycles. The average molecular weight is 332 g/mol. The van der Waals surface area contributed by atoms with Gasteiger partial charge in [0.05, 0.1) is 12.6 Å². The highest BCUT2D eigenvalue weighted by molar-refractivity contribution is 7.91. The molecule has 1 aliphatic rings. The van der Waals surface area contributed by atoms with Crippen LogP contribution in [0.1, 0.15) is 50.0 Å². The Morgan fingerprint density at radius 3 is 2.81 bits per heavy atom. The lowest BCUT2D eigenvalue weighted by molar-refractivity contribution is 0.0590. The Hall–Kier alpha value is -0.990. The normalized spacial score (nSPS) is 22.0. The van der Waals surface area contributed by atoms with Crippen LogP contribution in [0.4, 0.5) is 0 Å². The summed E-state index contributed by atoms with van der Waals surface area (Å²) < 4.78 is 32.3. The van der Waals surface area contributed by atoms with Crippen molar-refractivity contribution in [3.05, 3.63) is 11.2 Å². The van der Waals surface area contributed by atoms with Crippen molar-refractivity contribution in [2.24, 2.45) is 5.41 Å². The van der Waals surface area contributed by atoms with E-state index in [1.165, 1.54) is 12.6 Å². The lowest BCUT2D eigenvalue weighted by atomic mass is 9.74. The topological polar surface area (TPSA) is 85.4 Å². The van der Waals surface area contributed by atoms with Crippen molar-refractivity contribution < 1.29 is 17.9 Å². The summed E-state index contributed by atoms with van der Waals surface area (Å²) in [4.78, 5) is 15.4. The van der Waals surface area contributed by atoms with Crippen LogP contribution in [0.2, 0.25) is 0 Å². The number of nitrogens with zero attached hydrogens (tertiary/aromatic N) is 1. The van der Waals surface area contributed by atoms with Gasteiger partial charge in [-0.1, -0.05) is 26.7 Å². The predicted octanol–water partition coefficient (Wildman–Crippen LogP) is 2.18. The summed E-state index contributed by atoms with van der Waals surface area (Å²) in [6, 6.07) is -0.135. The first-order valence-electron chi connectivity index (χ1n) is 6.82. The molecule has 1 unspecified atom stereocenters. The van der Waals surface area contributed by atoms with E-state index in [0.29, 0.717) is 0 Å². The third kappa shape index (κ3) is 3.44. The van der Waals surface area contributed by atoms with Gasteiger partial charge >= 0.3 is 5.97 Å². The Bertz CT molecular complexity index is 622. The largest absolute Gasteiger partial charge is 0.464 e. The van der Waals surface area contributed by atoms with Crippen LogP contribution < -0.4 is 4.72 Å². The van der Waals surface area contributed by atoms with Gasteiger partial charge in [-0.3, -0.25) is 0 Å². The fourth-order valence-electron chi connectivity index (χ4n) is 2.61. The molecule has 0 radical (unpaired) electrons. The van der Waals surface area contributed by atoms with E-state index in [-0.39, 0.29) is 21.4 Å². The van der Waals surface area contributed by atoms with E-state index in [0.717, 1.165) is 37.0 Å². The third-order valence-electron chi connectivity index (χ3n) is 3.96. The molecule has 0 aliphatic heterocycles. The number of ether oxygens (including phenoxy) is 1. The maximum atomic E-state index is 12.5. The Morgan fingerprint density at radius 2 is 2.19 bits per heavy atom. The summed E-state index contributed by atoms with van der Waals surface area (Å²) in [5, 5.41) is 0. The van der Waals surface area contributed by atoms with E-state index in [1.807, 2.05) is 0 Å². The number of carbonyl (C=O) groups is 1. The quantitative estimate of drug-likeness (QED) is 0.854. The van der Waals surface area contributed by atoms with Gasteiger partial charge in [0, 0.05) is 6.04 Å². The molecule has 1 N–H and O–H groups in total. The molecule has 2 rings (SSSR count). The van der Waals surface area contributed by atoms with Gasteiger partial charge in [0.1, 0.15) is 0 Å².